The number of aromatic nitrogens is 5. The minimum absolute atomic E-state index is 0.0679. The molecule has 0 aromatic carbocycles. The lowest BCUT2D eigenvalue weighted by Gasteiger charge is -2.18. The highest BCUT2D eigenvalue weighted by atomic mass is 19.3. The summed E-state index contributed by atoms with van der Waals surface area (Å²) in [6.45, 7) is -3.52. The summed E-state index contributed by atoms with van der Waals surface area (Å²) in [7, 11) is 0. The number of anilines is 2. The summed E-state index contributed by atoms with van der Waals surface area (Å²) in [6, 6.07) is 4.46. The van der Waals surface area contributed by atoms with E-state index in [2.05, 4.69) is 24.8 Å². The van der Waals surface area contributed by atoms with Crippen molar-refractivity contribution < 1.29 is 22.3 Å². The molecular formula is C17H15F4N7O. The molecule has 1 aliphatic rings. The minimum Gasteiger partial charge on any atom is -0.431 e. The summed E-state index contributed by atoms with van der Waals surface area (Å²) in [6.07, 6.45) is 4.17. The fraction of sp³-hybridized carbons (Fsp3) is 0.294. The topological polar surface area (TPSA) is 95.0 Å². The molecule has 0 amide bonds. The number of pyridine rings is 1. The van der Waals surface area contributed by atoms with Gasteiger partial charge >= 0.3 is 6.61 Å². The lowest BCUT2D eigenvalue weighted by Crippen LogP contribution is -2.27. The van der Waals surface area contributed by atoms with Crippen molar-refractivity contribution in [3.63, 3.8) is 0 Å². The van der Waals surface area contributed by atoms with Crippen LogP contribution < -0.4 is 15.4 Å². The number of nitrogens with two attached hydrogens (primary N) is 1. The second kappa shape index (κ2) is 7.18. The van der Waals surface area contributed by atoms with Crippen molar-refractivity contribution in [3.8, 4) is 22.8 Å². The van der Waals surface area contributed by atoms with E-state index >= 15 is 0 Å². The van der Waals surface area contributed by atoms with Gasteiger partial charge in [0, 0.05) is 43.2 Å². The Morgan fingerprint density at radius 2 is 2.03 bits per heavy atom. The largest absolute Gasteiger partial charge is 0.431 e. The van der Waals surface area contributed by atoms with Crippen LogP contribution in [0.1, 0.15) is 6.42 Å². The molecule has 4 heterocycles. The lowest BCUT2D eigenvalue weighted by atomic mass is 10.2. The van der Waals surface area contributed by atoms with Crippen molar-refractivity contribution in [2.75, 3.05) is 23.7 Å². The number of alkyl halides is 4. The van der Waals surface area contributed by atoms with Crippen LogP contribution in [0.2, 0.25) is 0 Å². The number of nitrogens with zero attached hydrogens (tertiary/aromatic N) is 6. The Morgan fingerprint density at radius 3 is 2.69 bits per heavy atom. The van der Waals surface area contributed by atoms with Gasteiger partial charge in [0.25, 0.3) is 5.92 Å². The van der Waals surface area contributed by atoms with E-state index in [9.17, 15) is 17.6 Å². The molecule has 0 bridgehead atoms. The maximum atomic E-state index is 13.7. The van der Waals surface area contributed by atoms with Crippen molar-refractivity contribution in [1.82, 2.24) is 24.7 Å². The first-order valence-electron chi connectivity index (χ1n) is 8.53. The summed E-state index contributed by atoms with van der Waals surface area (Å²) in [5.41, 5.74) is 6.14. The maximum absolute atomic E-state index is 13.7. The molecule has 4 rings (SSSR count). The second-order valence-corrected chi connectivity index (χ2v) is 6.38. The van der Waals surface area contributed by atoms with Crippen molar-refractivity contribution in [2.45, 2.75) is 19.0 Å². The van der Waals surface area contributed by atoms with Gasteiger partial charge in [-0.25, -0.2) is 23.4 Å². The number of hydrogen-bond donors (Lipinski definition) is 1. The van der Waals surface area contributed by atoms with E-state index in [4.69, 9.17) is 5.73 Å². The smallest absolute Gasteiger partial charge is 0.387 e. The van der Waals surface area contributed by atoms with Crippen LogP contribution in [0.3, 0.4) is 0 Å². The Bertz CT molecular complexity index is 1010. The molecule has 0 unspecified atom stereocenters. The fourth-order valence-electron chi connectivity index (χ4n) is 2.93. The van der Waals surface area contributed by atoms with Gasteiger partial charge in [-0.2, -0.15) is 18.9 Å². The molecule has 152 valence electrons. The van der Waals surface area contributed by atoms with Crippen LogP contribution in [-0.4, -0.2) is 50.4 Å². The number of hydrogen-bond acceptors (Lipinski definition) is 7. The standard InChI is InChI=1S/C17H15F4N7O/c18-15(19)29-12-6-10(8-23-14(12)22)11-7-13(28-4-1-3-24-28)26-16(25-11)27-5-2-17(20,21)9-27/h1,3-4,6-8,15H,2,5,9H2,(H2,22,23). The van der Waals surface area contributed by atoms with E-state index < -0.39 is 19.1 Å². The summed E-state index contributed by atoms with van der Waals surface area (Å²) >= 11 is 0. The van der Waals surface area contributed by atoms with Gasteiger partial charge in [-0.3, -0.25) is 0 Å². The van der Waals surface area contributed by atoms with Gasteiger partial charge in [0.15, 0.2) is 17.4 Å². The van der Waals surface area contributed by atoms with Crippen LogP contribution >= 0.6 is 0 Å². The van der Waals surface area contributed by atoms with Crippen LogP contribution in [0.5, 0.6) is 5.75 Å². The number of nitrogen functional groups attached to an aromatic ring is 1. The molecule has 3 aromatic rings. The molecular weight excluding hydrogens is 394 g/mol. The lowest BCUT2D eigenvalue weighted by molar-refractivity contribution is -0.0494. The van der Waals surface area contributed by atoms with E-state index in [0.29, 0.717) is 11.4 Å². The molecule has 12 heteroatoms. The van der Waals surface area contributed by atoms with Crippen molar-refractivity contribution >= 4 is 11.8 Å². The van der Waals surface area contributed by atoms with Crippen LogP contribution in [0.15, 0.2) is 36.8 Å². The Morgan fingerprint density at radius 1 is 1.21 bits per heavy atom. The molecule has 3 aromatic heterocycles. The monoisotopic (exact) mass is 409 g/mol. The summed E-state index contributed by atoms with van der Waals surface area (Å²) in [4.78, 5) is 13.9. The average molecular weight is 409 g/mol. The van der Waals surface area contributed by atoms with Gasteiger partial charge in [-0.15, -0.1) is 0 Å². The third kappa shape index (κ3) is 4.05. The zero-order chi connectivity index (χ0) is 20.6. The van der Waals surface area contributed by atoms with Gasteiger partial charge in [0.2, 0.25) is 5.95 Å². The van der Waals surface area contributed by atoms with Crippen LogP contribution in [-0.2, 0) is 0 Å². The highest BCUT2D eigenvalue weighted by Gasteiger charge is 2.39. The van der Waals surface area contributed by atoms with Crippen molar-refractivity contribution in [1.29, 1.82) is 0 Å². The Kier molecular flexibility index (Phi) is 4.68. The van der Waals surface area contributed by atoms with Gasteiger partial charge in [-0.1, -0.05) is 0 Å². The average Bonchev–Trinajstić information content (AvgIpc) is 3.32. The van der Waals surface area contributed by atoms with E-state index in [1.54, 1.807) is 12.3 Å². The first-order valence-corrected chi connectivity index (χ1v) is 8.53. The third-order valence-corrected chi connectivity index (χ3v) is 4.29. The van der Waals surface area contributed by atoms with E-state index in [1.807, 2.05) is 0 Å². The summed E-state index contributed by atoms with van der Waals surface area (Å²) in [5.74, 6) is -2.98. The normalized spacial score (nSPS) is 15.8. The zero-order valence-corrected chi connectivity index (χ0v) is 14.8. The van der Waals surface area contributed by atoms with Gasteiger partial charge < -0.3 is 15.4 Å². The quantitative estimate of drug-likeness (QED) is 0.648. The van der Waals surface area contributed by atoms with E-state index in [0.717, 1.165) is 0 Å². The van der Waals surface area contributed by atoms with Gasteiger partial charge in [0.05, 0.1) is 12.2 Å². The van der Waals surface area contributed by atoms with E-state index in [1.165, 1.54) is 34.1 Å². The van der Waals surface area contributed by atoms with Crippen LogP contribution in [0.25, 0.3) is 17.1 Å². The fourth-order valence-corrected chi connectivity index (χ4v) is 2.93. The summed E-state index contributed by atoms with van der Waals surface area (Å²) in [5, 5.41) is 4.09. The highest BCUT2D eigenvalue weighted by Crippen LogP contribution is 2.32. The predicted octanol–water partition coefficient (Wildman–Crippen LogP) is 2.75. The molecule has 1 fully saturated rings. The Hall–Kier alpha value is -3.44. The van der Waals surface area contributed by atoms with Crippen LogP contribution in [0, 0.1) is 0 Å². The molecule has 29 heavy (non-hydrogen) atoms. The molecule has 1 saturated heterocycles. The summed E-state index contributed by atoms with van der Waals surface area (Å²) < 4.78 is 58.4. The number of ether oxygens (including phenoxy) is 1. The third-order valence-electron chi connectivity index (χ3n) is 4.29. The number of rotatable bonds is 5. The second-order valence-electron chi connectivity index (χ2n) is 6.38. The Balaban J connectivity index is 1.79. The molecule has 0 aliphatic carbocycles. The Labute approximate surface area is 162 Å². The molecule has 1 aliphatic heterocycles. The van der Waals surface area contributed by atoms with Crippen molar-refractivity contribution in [2.24, 2.45) is 0 Å². The molecule has 8 nitrogen and oxygen atoms in total. The molecule has 0 atom stereocenters. The zero-order valence-electron chi connectivity index (χ0n) is 14.8. The van der Waals surface area contributed by atoms with Crippen LogP contribution in [0.4, 0.5) is 29.3 Å². The molecule has 0 spiro atoms. The highest BCUT2D eigenvalue weighted by molar-refractivity contribution is 5.66. The van der Waals surface area contributed by atoms with Crippen molar-refractivity contribution in [3.05, 3.63) is 36.8 Å². The number of halogens is 4. The molecule has 2 N–H and O–H groups in total. The molecule has 0 radical (unpaired) electrons. The first kappa shape index (κ1) is 18.9. The van der Waals surface area contributed by atoms with E-state index in [-0.39, 0.29) is 36.2 Å². The maximum Gasteiger partial charge on any atom is 0.387 e. The minimum atomic E-state index is -3.08. The first-order chi connectivity index (χ1) is 13.8. The van der Waals surface area contributed by atoms with Gasteiger partial charge in [0.1, 0.15) is 0 Å². The predicted molar refractivity (Wildman–Crippen MR) is 95.2 cm³/mol. The molecule has 0 saturated carbocycles. The SMILES string of the molecule is Nc1ncc(-c2cc(-n3cccn3)nc(N3CCC(F)(F)C3)n2)cc1OC(F)F. The van der Waals surface area contributed by atoms with Gasteiger partial charge in [-0.05, 0) is 12.1 Å².